The van der Waals surface area contributed by atoms with E-state index in [0.29, 0.717) is 5.69 Å². The minimum atomic E-state index is -0.149. The average Bonchev–Trinajstić information content (AvgIpc) is 2.90. The molecule has 110 valence electrons. The molecule has 0 saturated heterocycles. The Morgan fingerprint density at radius 2 is 1.81 bits per heavy atom. The van der Waals surface area contributed by atoms with Gasteiger partial charge < -0.3 is 10.6 Å². The Morgan fingerprint density at radius 3 is 2.38 bits per heavy atom. The molecular formula is C18H21FN2. The Kier molecular flexibility index (Phi) is 3.93. The molecule has 0 fully saturated rings. The molecular weight excluding hydrogens is 263 g/mol. The van der Waals surface area contributed by atoms with Crippen LogP contribution in [0, 0.1) is 5.82 Å². The molecule has 1 atom stereocenters. The largest absolute Gasteiger partial charge is 0.360 e. The first kappa shape index (κ1) is 14.1. The lowest BCUT2D eigenvalue weighted by Gasteiger charge is -2.19. The summed E-state index contributed by atoms with van der Waals surface area (Å²) in [5, 5.41) is 0. The fourth-order valence-electron chi connectivity index (χ4n) is 2.88. The van der Waals surface area contributed by atoms with E-state index in [4.69, 9.17) is 5.73 Å². The second-order valence-corrected chi connectivity index (χ2v) is 5.78. The van der Waals surface area contributed by atoms with E-state index in [2.05, 4.69) is 24.0 Å². The van der Waals surface area contributed by atoms with E-state index < -0.39 is 0 Å². The molecule has 0 saturated carbocycles. The van der Waals surface area contributed by atoms with Crippen molar-refractivity contribution in [2.45, 2.75) is 38.9 Å². The van der Waals surface area contributed by atoms with Gasteiger partial charge in [0.05, 0.1) is 5.69 Å². The third-order valence-corrected chi connectivity index (χ3v) is 4.22. The van der Waals surface area contributed by atoms with Gasteiger partial charge in [-0.3, -0.25) is 0 Å². The average molecular weight is 284 g/mol. The molecule has 3 heteroatoms. The molecule has 1 aliphatic rings. The fraction of sp³-hybridized carbons (Fsp3) is 0.333. The molecule has 1 unspecified atom stereocenters. The van der Waals surface area contributed by atoms with Crippen LogP contribution in [0.2, 0.25) is 0 Å². The SMILES string of the molecule is CCC(N)Cc1ccc(N2Cc3ccccc3C2)c(F)c1. The lowest BCUT2D eigenvalue weighted by molar-refractivity contribution is 0.608. The Hall–Kier alpha value is -1.87. The molecule has 0 amide bonds. The lowest BCUT2D eigenvalue weighted by Crippen LogP contribution is -2.21. The van der Waals surface area contributed by atoms with Crippen LogP contribution in [0.1, 0.15) is 30.0 Å². The third-order valence-electron chi connectivity index (χ3n) is 4.22. The van der Waals surface area contributed by atoms with E-state index >= 15 is 0 Å². The van der Waals surface area contributed by atoms with E-state index in [-0.39, 0.29) is 11.9 Å². The van der Waals surface area contributed by atoms with Crippen LogP contribution in [0.15, 0.2) is 42.5 Å². The Balaban J connectivity index is 1.79. The number of hydrogen-bond donors (Lipinski definition) is 1. The summed E-state index contributed by atoms with van der Waals surface area (Å²) in [6.07, 6.45) is 1.64. The van der Waals surface area contributed by atoms with Crippen molar-refractivity contribution >= 4 is 5.69 Å². The highest BCUT2D eigenvalue weighted by atomic mass is 19.1. The number of rotatable bonds is 4. The first-order valence-corrected chi connectivity index (χ1v) is 7.53. The van der Waals surface area contributed by atoms with E-state index in [1.165, 1.54) is 11.1 Å². The van der Waals surface area contributed by atoms with Crippen LogP contribution in [-0.2, 0) is 19.5 Å². The summed E-state index contributed by atoms with van der Waals surface area (Å²) in [6.45, 7) is 3.61. The maximum absolute atomic E-state index is 14.4. The number of fused-ring (bicyclic) bond motifs is 1. The summed E-state index contributed by atoms with van der Waals surface area (Å²) in [6, 6.07) is 13.9. The quantitative estimate of drug-likeness (QED) is 0.929. The summed E-state index contributed by atoms with van der Waals surface area (Å²) < 4.78 is 14.4. The molecule has 0 aliphatic carbocycles. The van der Waals surface area contributed by atoms with Gasteiger partial charge in [-0.05, 0) is 41.7 Å². The summed E-state index contributed by atoms with van der Waals surface area (Å²) in [5.41, 5.74) is 10.2. The topological polar surface area (TPSA) is 29.3 Å². The van der Waals surface area contributed by atoms with Gasteiger partial charge in [-0.1, -0.05) is 37.3 Å². The van der Waals surface area contributed by atoms with Crippen molar-refractivity contribution in [1.82, 2.24) is 0 Å². The molecule has 0 spiro atoms. The Bertz CT molecular complexity index is 614. The van der Waals surface area contributed by atoms with Crippen LogP contribution in [0.3, 0.4) is 0 Å². The number of anilines is 1. The van der Waals surface area contributed by atoms with E-state index in [0.717, 1.165) is 31.5 Å². The van der Waals surface area contributed by atoms with E-state index in [1.54, 1.807) is 6.07 Å². The molecule has 0 bridgehead atoms. The molecule has 1 heterocycles. The normalized spacial score (nSPS) is 15.1. The van der Waals surface area contributed by atoms with Gasteiger partial charge in [-0.15, -0.1) is 0 Å². The van der Waals surface area contributed by atoms with Gasteiger partial charge in [-0.2, -0.15) is 0 Å². The van der Waals surface area contributed by atoms with E-state index in [9.17, 15) is 4.39 Å². The molecule has 2 aromatic carbocycles. The highest BCUT2D eigenvalue weighted by molar-refractivity contribution is 5.53. The summed E-state index contributed by atoms with van der Waals surface area (Å²) >= 11 is 0. The molecule has 21 heavy (non-hydrogen) atoms. The van der Waals surface area contributed by atoms with Crippen molar-refractivity contribution in [3.05, 3.63) is 65.0 Å². The number of benzene rings is 2. The molecule has 0 aromatic heterocycles. The van der Waals surface area contributed by atoms with Crippen molar-refractivity contribution in [2.24, 2.45) is 5.73 Å². The van der Waals surface area contributed by atoms with Crippen molar-refractivity contribution < 1.29 is 4.39 Å². The number of halogens is 1. The first-order chi connectivity index (χ1) is 10.2. The van der Waals surface area contributed by atoms with Crippen LogP contribution in [-0.4, -0.2) is 6.04 Å². The van der Waals surface area contributed by atoms with Crippen LogP contribution in [0.4, 0.5) is 10.1 Å². The van der Waals surface area contributed by atoms with Crippen LogP contribution in [0.25, 0.3) is 0 Å². The van der Waals surface area contributed by atoms with E-state index in [1.807, 2.05) is 24.3 Å². The minimum absolute atomic E-state index is 0.103. The molecule has 2 N–H and O–H groups in total. The van der Waals surface area contributed by atoms with Crippen molar-refractivity contribution in [1.29, 1.82) is 0 Å². The van der Waals surface area contributed by atoms with Crippen molar-refractivity contribution in [3.63, 3.8) is 0 Å². The predicted molar refractivity (Wildman–Crippen MR) is 84.7 cm³/mol. The molecule has 0 radical (unpaired) electrons. The Morgan fingerprint density at radius 1 is 1.14 bits per heavy atom. The summed E-state index contributed by atoms with van der Waals surface area (Å²) in [5.74, 6) is -0.149. The smallest absolute Gasteiger partial charge is 0.146 e. The van der Waals surface area contributed by atoms with Gasteiger partial charge in [0.1, 0.15) is 5.82 Å². The van der Waals surface area contributed by atoms with Gasteiger partial charge in [0, 0.05) is 19.1 Å². The molecule has 3 rings (SSSR count). The van der Waals surface area contributed by atoms with Gasteiger partial charge in [0.15, 0.2) is 0 Å². The number of hydrogen-bond acceptors (Lipinski definition) is 2. The molecule has 2 nitrogen and oxygen atoms in total. The van der Waals surface area contributed by atoms with Crippen LogP contribution < -0.4 is 10.6 Å². The number of nitrogens with two attached hydrogens (primary N) is 1. The number of nitrogens with zero attached hydrogens (tertiary/aromatic N) is 1. The van der Waals surface area contributed by atoms with Gasteiger partial charge >= 0.3 is 0 Å². The maximum atomic E-state index is 14.4. The third kappa shape index (κ3) is 2.93. The fourth-order valence-corrected chi connectivity index (χ4v) is 2.88. The highest BCUT2D eigenvalue weighted by Gasteiger charge is 2.21. The zero-order valence-electron chi connectivity index (χ0n) is 12.3. The summed E-state index contributed by atoms with van der Waals surface area (Å²) in [7, 11) is 0. The molecule has 2 aromatic rings. The molecule has 1 aliphatic heterocycles. The maximum Gasteiger partial charge on any atom is 0.146 e. The zero-order chi connectivity index (χ0) is 14.8. The summed E-state index contributed by atoms with van der Waals surface area (Å²) in [4.78, 5) is 2.09. The second-order valence-electron chi connectivity index (χ2n) is 5.78. The monoisotopic (exact) mass is 284 g/mol. The predicted octanol–water partition coefficient (Wildman–Crippen LogP) is 3.63. The van der Waals surface area contributed by atoms with Crippen molar-refractivity contribution in [2.75, 3.05) is 4.90 Å². The zero-order valence-corrected chi connectivity index (χ0v) is 12.3. The van der Waals surface area contributed by atoms with Crippen molar-refractivity contribution in [3.8, 4) is 0 Å². The van der Waals surface area contributed by atoms with Crippen LogP contribution in [0.5, 0.6) is 0 Å². The minimum Gasteiger partial charge on any atom is -0.360 e. The second kappa shape index (κ2) is 5.86. The van der Waals surface area contributed by atoms with Gasteiger partial charge in [0.2, 0.25) is 0 Å². The Labute approximate surface area is 125 Å². The van der Waals surface area contributed by atoms with Crippen LogP contribution >= 0.6 is 0 Å². The standard InChI is InChI=1S/C18H21FN2/c1-2-16(20)9-13-7-8-18(17(19)10-13)21-11-14-5-3-4-6-15(14)12-21/h3-8,10,16H,2,9,11-12,20H2,1H3. The highest BCUT2D eigenvalue weighted by Crippen LogP contribution is 2.30. The lowest BCUT2D eigenvalue weighted by atomic mass is 10.0. The first-order valence-electron chi connectivity index (χ1n) is 7.53. The van der Waals surface area contributed by atoms with Gasteiger partial charge in [0.25, 0.3) is 0 Å². The van der Waals surface area contributed by atoms with Gasteiger partial charge in [-0.25, -0.2) is 4.39 Å².